The molecule has 1 heterocycles. The van der Waals surface area contributed by atoms with Crippen LogP contribution in [0, 0.1) is 25.5 Å². The minimum Gasteiger partial charge on any atom is -0.489 e. The van der Waals surface area contributed by atoms with Crippen molar-refractivity contribution in [2.45, 2.75) is 20.5 Å². The molecule has 1 N–H and O–H groups in total. The summed E-state index contributed by atoms with van der Waals surface area (Å²) in [5, 5.41) is 2.87. The quantitative estimate of drug-likeness (QED) is 0.678. The van der Waals surface area contributed by atoms with Crippen molar-refractivity contribution in [2.75, 3.05) is 12.4 Å². The summed E-state index contributed by atoms with van der Waals surface area (Å²) in [5.74, 6) is 0.0532. The number of rotatable bonds is 5. The number of anilines is 1. The first-order chi connectivity index (χ1) is 12.5. The molecule has 134 valence electrons. The van der Waals surface area contributed by atoms with Gasteiger partial charge in [-0.05, 0) is 55.3 Å². The Morgan fingerprint density at radius 1 is 1.04 bits per heavy atom. The zero-order chi connectivity index (χ0) is 18.7. The SMILES string of the molecule is CNc1c(F)cccc1COc1cc(C)c(-c2ccc(F)cn2)cc1C. The van der Waals surface area contributed by atoms with E-state index in [1.165, 1.54) is 18.3 Å². The number of aryl methyl sites for hydroxylation is 2. The van der Waals surface area contributed by atoms with Gasteiger partial charge in [0.2, 0.25) is 0 Å². The predicted molar refractivity (Wildman–Crippen MR) is 99.4 cm³/mol. The molecule has 3 aromatic rings. The maximum Gasteiger partial charge on any atom is 0.146 e. The van der Waals surface area contributed by atoms with E-state index in [4.69, 9.17) is 4.74 Å². The first-order valence-corrected chi connectivity index (χ1v) is 8.30. The second-order valence-electron chi connectivity index (χ2n) is 6.11. The Labute approximate surface area is 151 Å². The molecular weight excluding hydrogens is 334 g/mol. The Morgan fingerprint density at radius 2 is 1.85 bits per heavy atom. The van der Waals surface area contributed by atoms with Crippen molar-refractivity contribution in [3.05, 3.63) is 77.0 Å². The van der Waals surface area contributed by atoms with Crippen LogP contribution in [0.4, 0.5) is 14.5 Å². The number of benzene rings is 2. The number of nitrogens with one attached hydrogen (secondary N) is 1. The zero-order valence-corrected chi connectivity index (χ0v) is 14.9. The van der Waals surface area contributed by atoms with Crippen molar-refractivity contribution >= 4 is 5.69 Å². The third-order valence-electron chi connectivity index (χ3n) is 4.26. The van der Waals surface area contributed by atoms with Gasteiger partial charge >= 0.3 is 0 Å². The van der Waals surface area contributed by atoms with Gasteiger partial charge in [0.1, 0.15) is 24.0 Å². The summed E-state index contributed by atoms with van der Waals surface area (Å²) in [5.41, 5.74) is 4.72. The van der Waals surface area contributed by atoms with E-state index >= 15 is 0 Å². The Balaban J connectivity index is 1.85. The molecule has 0 radical (unpaired) electrons. The van der Waals surface area contributed by atoms with Crippen LogP contribution in [-0.2, 0) is 6.61 Å². The van der Waals surface area contributed by atoms with Gasteiger partial charge in [0.15, 0.2) is 0 Å². The monoisotopic (exact) mass is 354 g/mol. The molecule has 0 aliphatic rings. The Kier molecular flexibility index (Phi) is 5.16. The lowest BCUT2D eigenvalue weighted by Crippen LogP contribution is -2.04. The molecule has 3 nitrogen and oxygen atoms in total. The summed E-state index contributed by atoms with van der Waals surface area (Å²) >= 11 is 0. The summed E-state index contributed by atoms with van der Waals surface area (Å²) in [6.07, 6.45) is 1.21. The summed E-state index contributed by atoms with van der Waals surface area (Å²) in [4.78, 5) is 4.14. The zero-order valence-electron chi connectivity index (χ0n) is 14.9. The highest BCUT2D eigenvalue weighted by atomic mass is 19.1. The van der Waals surface area contributed by atoms with Crippen molar-refractivity contribution in [1.82, 2.24) is 4.98 Å². The minimum absolute atomic E-state index is 0.252. The maximum atomic E-state index is 13.8. The molecule has 0 atom stereocenters. The van der Waals surface area contributed by atoms with Crippen LogP contribution in [0.2, 0.25) is 0 Å². The van der Waals surface area contributed by atoms with E-state index in [9.17, 15) is 8.78 Å². The average molecular weight is 354 g/mol. The summed E-state index contributed by atoms with van der Waals surface area (Å²) < 4.78 is 32.8. The summed E-state index contributed by atoms with van der Waals surface area (Å²) in [6.45, 7) is 4.14. The fraction of sp³-hybridized carbons (Fsp3) is 0.190. The van der Waals surface area contributed by atoms with Crippen molar-refractivity contribution in [1.29, 1.82) is 0 Å². The first kappa shape index (κ1) is 17.9. The molecule has 26 heavy (non-hydrogen) atoms. The largest absolute Gasteiger partial charge is 0.489 e. The summed E-state index contributed by atoms with van der Waals surface area (Å²) in [7, 11) is 1.68. The minimum atomic E-state index is -0.362. The molecule has 0 unspecified atom stereocenters. The van der Waals surface area contributed by atoms with Gasteiger partial charge in [-0.1, -0.05) is 12.1 Å². The highest BCUT2D eigenvalue weighted by Crippen LogP contribution is 2.30. The molecule has 0 saturated heterocycles. The van der Waals surface area contributed by atoms with E-state index in [1.807, 2.05) is 32.0 Å². The summed E-state index contributed by atoms with van der Waals surface area (Å²) in [6, 6.07) is 11.8. The van der Waals surface area contributed by atoms with Gasteiger partial charge in [-0.15, -0.1) is 0 Å². The first-order valence-electron chi connectivity index (χ1n) is 8.30. The van der Waals surface area contributed by atoms with Crippen LogP contribution in [0.3, 0.4) is 0 Å². The molecule has 0 spiro atoms. The van der Waals surface area contributed by atoms with Gasteiger partial charge < -0.3 is 10.1 Å². The van der Waals surface area contributed by atoms with E-state index in [-0.39, 0.29) is 18.2 Å². The molecule has 5 heteroatoms. The van der Waals surface area contributed by atoms with Crippen LogP contribution in [-0.4, -0.2) is 12.0 Å². The van der Waals surface area contributed by atoms with Gasteiger partial charge in [0.05, 0.1) is 17.6 Å². The lowest BCUT2D eigenvalue weighted by Gasteiger charge is -2.15. The number of aromatic nitrogens is 1. The Morgan fingerprint density at radius 3 is 2.54 bits per heavy atom. The highest BCUT2D eigenvalue weighted by molar-refractivity contribution is 5.66. The van der Waals surface area contributed by atoms with E-state index in [0.29, 0.717) is 11.4 Å². The topological polar surface area (TPSA) is 34.1 Å². The van der Waals surface area contributed by atoms with E-state index < -0.39 is 0 Å². The van der Waals surface area contributed by atoms with Crippen molar-refractivity contribution < 1.29 is 13.5 Å². The van der Waals surface area contributed by atoms with Crippen LogP contribution in [0.25, 0.3) is 11.3 Å². The van der Waals surface area contributed by atoms with E-state index in [0.717, 1.165) is 28.0 Å². The smallest absolute Gasteiger partial charge is 0.146 e. The number of halogens is 2. The van der Waals surface area contributed by atoms with Crippen LogP contribution in [0.1, 0.15) is 16.7 Å². The van der Waals surface area contributed by atoms with Crippen molar-refractivity contribution in [3.8, 4) is 17.0 Å². The lowest BCUT2D eigenvalue weighted by molar-refractivity contribution is 0.304. The number of nitrogens with zero attached hydrogens (tertiary/aromatic N) is 1. The normalized spacial score (nSPS) is 10.7. The second-order valence-corrected chi connectivity index (χ2v) is 6.11. The number of ether oxygens (including phenoxy) is 1. The molecule has 3 rings (SSSR count). The fourth-order valence-corrected chi connectivity index (χ4v) is 2.88. The molecular formula is C21H20F2N2O. The van der Waals surface area contributed by atoms with Crippen LogP contribution in [0.15, 0.2) is 48.7 Å². The fourth-order valence-electron chi connectivity index (χ4n) is 2.88. The standard InChI is InChI=1S/C21H20F2N2O/c1-13-10-20(26-12-15-5-4-6-18(23)21(15)24-3)14(2)9-17(13)19-8-7-16(22)11-25-19/h4-11,24H,12H2,1-3H3. The van der Waals surface area contributed by atoms with E-state index in [1.54, 1.807) is 19.2 Å². The van der Waals surface area contributed by atoms with Gasteiger partial charge in [0, 0.05) is 18.2 Å². The van der Waals surface area contributed by atoms with Crippen LogP contribution < -0.4 is 10.1 Å². The predicted octanol–water partition coefficient (Wildman–Crippen LogP) is 5.26. The highest BCUT2D eigenvalue weighted by Gasteiger charge is 2.11. The maximum absolute atomic E-state index is 13.8. The van der Waals surface area contributed by atoms with Gasteiger partial charge in [-0.25, -0.2) is 8.78 Å². The van der Waals surface area contributed by atoms with Gasteiger partial charge in [0.25, 0.3) is 0 Å². The van der Waals surface area contributed by atoms with E-state index in [2.05, 4.69) is 10.3 Å². The molecule has 0 aliphatic carbocycles. The number of pyridine rings is 1. The third kappa shape index (κ3) is 3.67. The molecule has 0 bridgehead atoms. The molecule has 0 fully saturated rings. The van der Waals surface area contributed by atoms with Gasteiger partial charge in [-0.2, -0.15) is 0 Å². The second kappa shape index (κ2) is 7.52. The average Bonchev–Trinajstić information content (AvgIpc) is 2.63. The third-order valence-corrected chi connectivity index (χ3v) is 4.26. The Bertz CT molecular complexity index is 924. The van der Waals surface area contributed by atoms with Crippen molar-refractivity contribution in [2.24, 2.45) is 0 Å². The van der Waals surface area contributed by atoms with Crippen LogP contribution in [0.5, 0.6) is 5.75 Å². The van der Waals surface area contributed by atoms with Crippen LogP contribution >= 0.6 is 0 Å². The lowest BCUT2D eigenvalue weighted by atomic mass is 10.0. The molecule has 1 aromatic heterocycles. The van der Waals surface area contributed by atoms with Crippen molar-refractivity contribution in [3.63, 3.8) is 0 Å². The number of hydrogen-bond acceptors (Lipinski definition) is 3. The molecule has 0 aliphatic heterocycles. The number of hydrogen-bond donors (Lipinski definition) is 1. The molecule has 2 aromatic carbocycles. The molecule has 0 saturated carbocycles. The molecule has 0 amide bonds. The van der Waals surface area contributed by atoms with Gasteiger partial charge in [-0.3, -0.25) is 4.98 Å². The number of para-hydroxylation sites is 1. The Hall–Kier alpha value is -2.95.